The van der Waals surface area contributed by atoms with Crippen LogP contribution in [0, 0.1) is 0 Å². The molecule has 0 spiro atoms. The highest BCUT2D eigenvalue weighted by atomic mass is 16.6. The molecule has 1 heterocycles. The van der Waals surface area contributed by atoms with Gasteiger partial charge in [0, 0.05) is 6.07 Å². The summed E-state index contributed by atoms with van der Waals surface area (Å²) in [4.78, 5) is 18.8. The lowest BCUT2D eigenvalue weighted by atomic mass is 10.2. The van der Waals surface area contributed by atoms with Gasteiger partial charge in [-0.05, 0) is 32.9 Å². The van der Waals surface area contributed by atoms with Crippen LogP contribution in [0.5, 0.6) is 5.75 Å². The van der Waals surface area contributed by atoms with Crippen molar-refractivity contribution in [3.05, 3.63) is 24.0 Å². The highest BCUT2D eigenvalue weighted by molar-refractivity contribution is 5.76. The molecule has 0 radical (unpaired) electrons. The molecule has 0 fully saturated rings. The summed E-state index contributed by atoms with van der Waals surface area (Å²) in [5.41, 5.74) is 0.934. The Morgan fingerprint density at radius 3 is 2.89 bits per heavy atom. The summed E-state index contributed by atoms with van der Waals surface area (Å²) in [5.74, 6) is 0.772. The number of ether oxygens (including phenoxy) is 1. The number of imidazole rings is 1. The molecule has 0 unspecified atom stereocenters. The molecular weight excluding hydrogens is 246 g/mol. The summed E-state index contributed by atoms with van der Waals surface area (Å²) in [7, 11) is 0. The van der Waals surface area contributed by atoms with Gasteiger partial charge in [-0.2, -0.15) is 0 Å². The van der Waals surface area contributed by atoms with E-state index >= 15 is 0 Å². The maximum atomic E-state index is 11.5. The van der Waals surface area contributed by atoms with Crippen molar-refractivity contribution >= 4 is 17.1 Å². The van der Waals surface area contributed by atoms with Crippen LogP contribution in [0.3, 0.4) is 0 Å². The molecule has 1 aromatic carbocycles. The smallest absolute Gasteiger partial charge is 0.408 e. The van der Waals surface area contributed by atoms with Gasteiger partial charge in [0.15, 0.2) is 0 Å². The molecule has 2 rings (SSSR count). The maximum absolute atomic E-state index is 11.5. The largest absolute Gasteiger partial charge is 0.508 e. The zero-order valence-corrected chi connectivity index (χ0v) is 11.2. The molecule has 19 heavy (non-hydrogen) atoms. The number of benzene rings is 1. The number of aromatic nitrogens is 2. The molecule has 1 aromatic heterocycles. The molecule has 2 aromatic rings. The number of alkyl carbamates (subject to hydrolysis) is 1. The second-order valence-corrected chi connectivity index (χ2v) is 5.24. The molecule has 3 N–H and O–H groups in total. The molecular formula is C13H17N3O3. The van der Waals surface area contributed by atoms with Gasteiger partial charge in [0.1, 0.15) is 17.2 Å². The van der Waals surface area contributed by atoms with Crippen molar-refractivity contribution in [1.82, 2.24) is 15.3 Å². The van der Waals surface area contributed by atoms with Crippen molar-refractivity contribution in [1.29, 1.82) is 0 Å². The molecule has 0 bridgehead atoms. The summed E-state index contributed by atoms with van der Waals surface area (Å²) >= 11 is 0. The predicted octanol–water partition coefficient (Wildman–Crippen LogP) is 2.29. The number of aromatic amines is 1. The van der Waals surface area contributed by atoms with E-state index in [1.165, 1.54) is 0 Å². The van der Waals surface area contributed by atoms with E-state index < -0.39 is 11.7 Å². The summed E-state index contributed by atoms with van der Waals surface area (Å²) in [6, 6.07) is 4.85. The van der Waals surface area contributed by atoms with E-state index in [1.807, 2.05) is 0 Å². The molecule has 0 atom stereocenters. The zero-order chi connectivity index (χ0) is 14.0. The predicted molar refractivity (Wildman–Crippen MR) is 70.8 cm³/mol. The van der Waals surface area contributed by atoms with Gasteiger partial charge in [-0.25, -0.2) is 9.78 Å². The quantitative estimate of drug-likeness (QED) is 0.775. The van der Waals surface area contributed by atoms with E-state index in [0.29, 0.717) is 5.82 Å². The van der Waals surface area contributed by atoms with Crippen LogP contribution in [-0.2, 0) is 11.3 Å². The topological polar surface area (TPSA) is 87.2 Å². The third-order valence-corrected chi connectivity index (χ3v) is 2.31. The lowest BCUT2D eigenvalue weighted by molar-refractivity contribution is 0.0522. The van der Waals surface area contributed by atoms with Crippen molar-refractivity contribution < 1.29 is 14.6 Å². The molecule has 102 valence electrons. The highest BCUT2D eigenvalue weighted by Gasteiger charge is 2.16. The van der Waals surface area contributed by atoms with Gasteiger partial charge < -0.3 is 20.1 Å². The van der Waals surface area contributed by atoms with Crippen molar-refractivity contribution in [2.24, 2.45) is 0 Å². The van der Waals surface area contributed by atoms with Crippen molar-refractivity contribution in [2.45, 2.75) is 32.9 Å². The highest BCUT2D eigenvalue weighted by Crippen LogP contribution is 2.17. The Labute approximate surface area is 110 Å². The van der Waals surface area contributed by atoms with E-state index in [9.17, 15) is 9.90 Å². The van der Waals surface area contributed by atoms with E-state index in [2.05, 4.69) is 15.3 Å². The molecule has 1 amide bonds. The summed E-state index contributed by atoms with van der Waals surface area (Å²) in [6.07, 6.45) is -0.490. The maximum Gasteiger partial charge on any atom is 0.408 e. The Bertz CT molecular complexity index is 599. The van der Waals surface area contributed by atoms with Crippen LogP contribution in [0.1, 0.15) is 26.6 Å². The van der Waals surface area contributed by atoms with Crippen molar-refractivity contribution in [2.75, 3.05) is 0 Å². The van der Waals surface area contributed by atoms with Crippen LogP contribution in [0.2, 0.25) is 0 Å². The lowest BCUT2D eigenvalue weighted by Crippen LogP contribution is -2.32. The minimum atomic E-state index is -0.524. The Morgan fingerprint density at radius 1 is 1.47 bits per heavy atom. The Morgan fingerprint density at radius 2 is 2.21 bits per heavy atom. The van der Waals surface area contributed by atoms with Crippen molar-refractivity contribution in [3.63, 3.8) is 0 Å². The van der Waals surface area contributed by atoms with Gasteiger partial charge in [-0.3, -0.25) is 0 Å². The second-order valence-electron chi connectivity index (χ2n) is 5.24. The number of aromatic hydroxyl groups is 1. The second kappa shape index (κ2) is 4.79. The Balaban J connectivity index is 2.00. The number of carbonyl (C=O) groups excluding carboxylic acids is 1. The fourth-order valence-electron chi connectivity index (χ4n) is 1.60. The van der Waals surface area contributed by atoms with E-state index in [1.54, 1.807) is 39.0 Å². The number of nitrogens with one attached hydrogen (secondary N) is 2. The average molecular weight is 263 g/mol. The average Bonchev–Trinajstić information content (AvgIpc) is 2.66. The number of amides is 1. The van der Waals surface area contributed by atoms with Gasteiger partial charge in [0.25, 0.3) is 0 Å². The fourth-order valence-corrected chi connectivity index (χ4v) is 1.60. The van der Waals surface area contributed by atoms with Crippen LogP contribution < -0.4 is 5.32 Å². The van der Waals surface area contributed by atoms with Gasteiger partial charge in [-0.15, -0.1) is 0 Å². The summed E-state index contributed by atoms with van der Waals surface area (Å²) < 4.78 is 5.12. The number of nitrogens with zero attached hydrogens (tertiary/aromatic N) is 1. The van der Waals surface area contributed by atoms with Crippen LogP contribution in [0.25, 0.3) is 11.0 Å². The molecule has 6 nitrogen and oxygen atoms in total. The summed E-state index contributed by atoms with van der Waals surface area (Å²) in [5, 5.41) is 12.0. The first-order chi connectivity index (χ1) is 8.83. The first kappa shape index (κ1) is 13.2. The third kappa shape index (κ3) is 3.61. The molecule has 0 aliphatic heterocycles. The number of phenolic OH excluding ortho intramolecular Hbond substituents is 1. The number of H-pyrrole nitrogens is 1. The van der Waals surface area contributed by atoms with Gasteiger partial charge in [0.2, 0.25) is 0 Å². The summed E-state index contributed by atoms with van der Waals surface area (Å²) in [6.45, 7) is 5.65. The minimum Gasteiger partial charge on any atom is -0.508 e. The van der Waals surface area contributed by atoms with E-state index in [4.69, 9.17) is 4.74 Å². The van der Waals surface area contributed by atoms with Crippen LogP contribution in [-0.4, -0.2) is 26.8 Å². The normalized spacial score (nSPS) is 11.5. The van der Waals surface area contributed by atoms with Crippen molar-refractivity contribution in [3.8, 4) is 5.75 Å². The van der Waals surface area contributed by atoms with Crippen LogP contribution >= 0.6 is 0 Å². The van der Waals surface area contributed by atoms with Gasteiger partial charge in [0.05, 0.1) is 17.6 Å². The molecule has 0 aliphatic carbocycles. The fraction of sp³-hybridized carbons (Fsp3) is 0.385. The zero-order valence-electron chi connectivity index (χ0n) is 11.2. The number of rotatable bonds is 2. The molecule has 6 heteroatoms. The standard InChI is InChI=1S/C13H17N3O3/c1-13(2,3)19-12(18)14-7-11-15-9-5-4-8(17)6-10(9)16-11/h4-6,17H,7H2,1-3H3,(H,14,18)(H,15,16). The third-order valence-electron chi connectivity index (χ3n) is 2.31. The number of hydrogen-bond donors (Lipinski definition) is 3. The number of phenols is 1. The van der Waals surface area contributed by atoms with Crippen LogP contribution in [0.15, 0.2) is 18.2 Å². The monoisotopic (exact) mass is 263 g/mol. The number of hydrogen-bond acceptors (Lipinski definition) is 4. The molecule has 0 aliphatic rings. The van der Waals surface area contributed by atoms with E-state index in [0.717, 1.165) is 11.0 Å². The molecule has 0 saturated heterocycles. The molecule has 0 saturated carbocycles. The van der Waals surface area contributed by atoms with Gasteiger partial charge >= 0.3 is 6.09 Å². The Kier molecular flexibility index (Phi) is 3.33. The first-order valence-corrected chi connectivity index (χ1v) is 5.98. The van der Waals surface area contributed by atoms with Gasteiger partial charge in [-0.1, -0.05) is 0 Å². The lowest BCUT2D eigenvalue weighted by Gasteiger charge is -2.19. The number of carbonyl (C=O) groups is 1. The Hall–Kier alpha value is -2.24. The van der Waals surface area contributed by atoms with Crippen LogP contribution in [0.4, 0.5) is 4.79 Å². The van der Waals surface area contributed by atoms with E-state index in [-0.39, 0.29) is 12.3 Å². The number of fused-ring (bicyclic) bond motifs is 1. The minimum absolute atomic E-state index is 0.169. The first-order valence-electron chi connectivity index (χ1n) is 5.98. The SMILES string of the molecule is CC(C)(C)OC(=O)NCc1nc2ccc(O)cc2[nH]1.